The molecular formula is C13H20O. The van der Waals surface area contributed by atoms with Gasteiger partial charge in [-0.2, -0.15) is 0 Å². The molecule has 1 heteroatoms. The summed E-state index contributed by atoms with van der Waals surface area (Å²) in [6.07, 6.45) is 3.22. The van der Waals surface area contributed by atoms with E-state index in [9.17, 15) is 5.11 Å². The molecule has 78 valence electrons. The lowest BCUT2D eigenvalue weighted by molar-refractivity contribution is 0.462. The molecular weight excluding hydrogens is 172 g/mol. The summed E-state index contributed by atoms with van der Waals surface area (Å²) in [6.45, 7) is 6.52. The van der Waals surface area contributed by atoms with Gasteiger partial charge in [0.15, 0.2) is 0 Å². The number of hydrogen-bond acceptors (Lipinski definition) is 1. The van der Waals surface area contributed by atoms with Crippen molar-refractivity contribution in [3.8, 4) is 5.75 Å². The number of aromatic hydroxyl groups is 1. The third-order valence-corrected chi connectivity index (χ3v) is 2.31. The molecule has 1 rings (SSSR count). The molecule has 0 heterocycles. The van der Waals surface area contributed by atoms with E-state index in [4.69, 9.17) is 0 Å². The lowest BCUT2D eigenvalue weighted by Gasteiger charge is -2.09. The predicted octanol–water partition coefficient (Wildman–Crippen LogP) is 3.54. The van der Waals surface area contributed by atoms with Crippen LogP contribution in [0, 0.1) is 5.92 Å². The molecule has 14 heavy (non-hydrogen) atoms. The molecule has 0 spiro atoms. The van der Waals surface area contributed by atoms with Crippen LogP contribution in [-0.2, 0) is 12.8 Å². The van der Waals surface area contributed by atoms with Crippen LogP contribution in [0.4, 0.5) is 0 Å². The fraction of sp³-hybridized carbons (Fsp3) is 0.538. The largest absolute Gasteiger partial charge is 0.508 e. The molecule has 0 unspecified atom stereocenters. The number of hydrogen-bond donors (Lipinski definition) is 1. The SMILES string of the molecule is CCCc1ccc(O)c(CC(C)C)c1. The number of benzene rings is 1. The number of phenolic OH excluding ortho intramolecular Hbond substituents is 1. The van der Waals surface area contributed by atoms with Crippen LogP contribution >= 0.6 is 0 Å². The van der Waals surface area contributed by atoms with Crippen molar-refractivity contribution in [1.29, 1.82) is 0 Å². The Labute approximate surface area is 86.8 Å². The molecule has 1 aromatic rings. The molecule has 0 saturated heterocycles. The Kier molecular flexibility index (Phi) is 3.99. The van der Waals surface area contributed by atoms with Crippen LogP contribution in [0.5, 0.6) is 5.75 Å². The van der Waals surface area contributed by atoms with E-state index in [0.717, 1.165) is 24.8 Å². The zero-order chi connectivity index (χ0) is 10.6. The second kappa shape index (κ2) is 5.04. The van der Waals surface area contributed by atoms with E-state index >= 15 is 0 Å². The fourth-order valence-electron chi connectivity index (χ4n) is 1.69. The molecule has 0 aromatic heterocycles. The first kappa shape index (κ1) is 11.1. The average molecular weight is 192 g/mol. The summed E-state index contributed by atoms with van der Waals surface area (Å²) in [6, 6.07) is 5.98. The molecule has 1 nitrogen and oxygen atoms in total. The standard InChI is InChI=1S/C13H20O/c1-4-5-11-6-7-13(14)12(9-11)8-10(2)3/h6-7,9-10,14H,4-5,8H2,1-3H3. The van der Waals surface area contributed by atoms with Crippen molar-refractivity contribution < 1.29 is 5.11 Å². The Balaban J connectivity index is 2.84. The van der Waals surface area contributed by atoms with Gasteiger partial charge in [-0.1, -0.05) is 39.3 Å². The summed E-state index contributed by atoms with van der Waals surface area (Å²) in [5, 5.41) is 9.65. The number of rotatable bonds is 4. The summed E-state index contributed by atoms with van der Waals surface area (Å²) < 4.78 is 0. The van der Waals surface area contributed by atoms with Gasteiger partial charge in [0.2, 0.25) is 0 Å². The van der Waals surface area contributed by atoms with Crippen molar-refractivity contribution in [2.75, 3.05) is 0 Å². The number of aryl methyl sites for hydroxylation is 1. The second-order valence-electron chi connectivity index (χ2n) is 4.31. The van der Waals surface area contributed by atoms with Crippen molar-refractivity contribution >= 4 is 0 Å². The van der Waals surface area contributed by atoms with Crippen LogP contribution in [0.3, 0.4) is 0 Å². The van der Waals surface area contributed by atoms with Crippen LogP contribution in [0.25, 0.3) is 0 Å². The van der Waals surface area contributed by atoms with Gasteiger partial charge in [0, 0.05) is 0 Å². The molecule has 0 radical (unpaired) electrons. The van der Waals surface area contributed by atoms with Gasteiger partial charge in [0.25, 0.3) is 0 Å². The monoisotopic (exact) mass is 192 g/mol. The van der Waals surface area contributed by atoms with Gasteiger partial charge >= 0.3 is 0 Å². The van der Waals surface area contributed by atoms with E-state index < -0.39 is 0 Å². The highest BCUT2D eigenvalue weighted by Crippen LogP contribution is 2.22. The minimum Gasteiger partial charge on any atom is -0.508 e. The van der Waals surface area contributed by atoms with Gasteiger partial charge in [0.1, 0.15) is 5.75 Å². The van der Waals surface area contributed by atoms with E-state index in [1.807, 2.05) is 12.1 Å². The summed E-state index contributed by atoms with van der Waals surface area (Å²) in [5.74, 6) is 1.04. The topological polar surface area (TPSA) is 20.2 Å². The van der Waals surface area contributed by atoms with Crippen molar-refractivity contribution in [1.82, 2.24) is 0 Å². The van der Waals surface area contributed by atoms with Gasteiger partial charge in [-0.3, -0.25) is 0 Å². The first-order valence-corrected chi connectivity index (χ1v) is 5.44. The first-order chi connectivity index (χ1) is 6.63. The molecule has 0 amide bonds. The van der Waals surface area contributed by atoms with Gasteiger partial charge < -0.3 is 5.11 Å². The Bertz CT molecular complexity index is 289. The Morgan fingerprint density at radius 3 is 2.57 bits per heavy atom. The molecule has 0 fully saturated rings. The minimum atomic E-state index is 0.443. The second-order valence-corrected chi connectivity index (χ2v) is 4.31. The summed E-state index contributed by atoms with van der Waals surface area (Å²) >= 11 is 0. The first-order valence-electron chi connectivity index (χ1n) is 5.44. The van der Waals surface area contributed by atoms with Crippen molar-refractivity contribution in [3.63, 3.8) is 0 Å². The van der Waals surface area contributed by atoms with Crippen LogP contribution in [0.1, 0.15) is 38.3 Å². The molecule has 0 bridgehead atoms. The molecule has 0 saturated carbocycles. The Morgan fingerprint density at radius 2 is 2.00 bits per heavy atom. The zero-order valence-electron chi connectivity index (χ0n) is 9.38. The number of phenols is 1. The predicted molar refractivity (Wildman–Crippen MR) is 60.6 cm³/mol. The third kappa shape index (κ3) is 3.06. The highest BCUT2D eigenvalue weighted by molar-refractivity contribution is 5.36. The van der Waals surface area contributed by atoms with E-state index in [0.29, 0.717) is 11.7 Å². The fourth-order valence-corrected chi connectivity index (χ4v) is 1.69. The Hall–Kier alpha value is -0.980. The van der Waals surface area contributed by atoms with E-state index in [-0.39, 0.29) is 0 Å². The van der Waals surface area contributed by atoms with Crippen LogP contribution in [-0.4, -0.2) is 5.11 Å². The summed E-state index contributed by atoms with van der Waals surface area (Å²) in [7, 11) is 0. The van der Waals surface area contributed by atoms with Crippen LogP contribution < -0.4 is 0 Å². The van der Waals surface area contributed by atoms with E-state index in [2.05, 4.69) is 26.8 Å². The molecule has 0 aliphatic heterocycles. The lowest BCUT2D eigenvalue weighted by atomic mass is 9.98. The third-order valence-electron chi connectivity index (χ3n) is 2.31. The highest BCUT2D eigenvalue weighted by atomic mass is 16.3. The van der Waals surface area contributed by atoms with Gasteiger partial charge in [-0.15, -0.1) is 0 Å². The van der Waals surface area contributed by atoms with Crippen molar-refractivity contribution in [2.45, 2.75) is 40.0 Å². The lowest BCUT2D eigenvalue weighted by Crippen LogP contribution is -1.96. The highest BCUT2D eigenvalue weighted by Gasteiger charge is 2.04. The Morgan fingerprint density at radius 1 is 1.29 bits per heavy atom. The molecule has 0 aliphatic carbocycles. The van der Waals surface area contributed by atoms with Crippen LogP contribution in [0.2, 0.25) is 0 Å². The van der Waals surface area contributed by atoms with Crippen molar-refractivity contribution in [2.24, 2.45) is 5.92 Å². The quantitative estimate of drug-likeness (QED) is 0.773. The molecule has 0 atom stereocenters. The van der Waals surface area contributed by atoms with E-state index in [1.54, 1.807) is 0 Å². The summed E-state index contributed by atoms with van der Waals surface area (Å²) in [4.78, 5) is 0. The minimum absolute atomic E-state index is 0.443. The normalized spacial score (nSPS) is 10.9. The maximum absolute atomic E-state index is 9.65. The molecule has 1 aromatic carbocycles. The van der Waals surface area contributed by atoms with Gasteiger partial charge in [-0.05, 0) is 36.0 Å². The van der Waals surface area contributed by atoms with Gasteiger partial charge in [0.05, 0.1) is 0 Å². The zero-order valence-corrected chi connectivity index (χ0v) is 9.38. The van der Waals surface area contributed by atoms with Crippen LogP contribution in [0.15, 0.2) is 18.2 Å². The molecule has 1 N–H and O–H groups in total. The molecule has 0 aliphatic rings. The summed E-state index contributed by atoms with van der Waals surface area (Å²) in [5.41, 5.74) is 2.42. The van der Waals surface area contributed by atoms with Crippen molar-refractivity contribution in [3.05, 3.63) is 29.3 Å². The maximum atomic E-state index is 9.65. The smallest absolute Gasteiger partial charge is 0.118 e. The van der Waals surface area contributed by atoms with Gasteiger partial charge in [-0.25, -0.2) is 0 Å². The van der Waals surface area contributed by atoms with E-state index in [1.165, 1.54) is 5.56 Å². The average Bonchev–Trinajstić information content (AvgIpc) is 2.10. The maximum Gasteiger partial charge on any atom is 0.118 e.